The van der Waals surface area contributed by atoms with Crippen molar-refractivity contribution in [2.75, 3.05) is 16.1 Å². The van der Waals surface area contributed by atoms with Crippen molar-refractivity contribution >= 4 is 34.5 Å². The molecule has 0 atom stereocenters. The van der Waals surface area contributed by atoms with Gasteiger partial charge in [0.15, 0.2) is 11.6 Å². The zero-order chi connectivity index (χ0) is 27.8. The monoisotopic (exact) mass is 546 g/mol. The van der Waals surface area contributed by atoms with E-state index in [1.165, 1.54) is 6.42 Å². The lowest BCUT2D eigenvalue weighted by molar-refractivity contribution is -0.120. The van der Waals surface area contributed by atoms with E-state index in [-0.39, 0.29) is 11.8 Å². The van der Waals surface area contributed by atoms with Crippen molar-refractivity contribution in [1.82, 2.24) is 34.9 Å². The van der Waals surface area contributed by atoms with E-state index in [1.807, 2.05) is 48.3 Å². The zero-order valence-electron chi connectivity index (χ0n) is 22.6. The van der Waals surface area contributed by atoms with Crippen LogP contribution < -0.4 is 21.5 Å². The molecule has 0 radical (unpaired) electrons. The summed E-state index contributed by atoms with van der Waals surface area (Å²) in [5.74, 6) is 2.23. The van der Waals surface area contributed by atoms with Gasteiger partial charge in [-0.05, 0) is 44.1 Å². The average molecular weight is 547 g/mol. The lowest BCUT2D eigenvalue weighted by Crippen LogP contribution is -2.24. The molecule has 206 valence electrons. The van der Waals surface area contributed by atoms with Gasteiger partial charge >= 0.3 is 0 Å². The summed E-state index contributed by atoms with van der Waals surface area (Å²) in [7, 11) is 0. The van der Waals surface area contributed by atoms with Gasteiger partial charge in [0.2, 0.25) is 5.91 Å². The number of anilines is 3. The second-order valence-electron chi connectivity index (χ2n) is 10.5. The normalized spacial score (nSPS) is 16.2. The number of hydrazine groups is 1. The van der Waals surface area contributed by atoms with E-state index in [9.17, 15) is 4.79 Å². The molecule has 3 aliphatic rings. The predicted octanol–water partition coefficient (Wildman–Crippen LogP) is 5.04. The van der Waals surface area contributed by atoms with Crippen molar-refractivity contribution in [1.29, 1.82) is 0 Å². The van der Waals surface area contributed by atoms with Gasteiger partial charge in [-0.3, -0.25) is 15.2 Å². The van der Waals surface area contributed by atoms with Crippen LogP contribution in [0.1, 0.15) is 54.9 Å². The lowest BCUT2D eigenvalue weighted by atomic mass is 9.88. The van der Waals surface area contributed by atoms with Crippen LogP contribution in [0.15, 0.2) is 67.8 Å². The van der Waals surface area contributed by atoms with Crippen molar-refractivity contribution in [3.8, 4) is 11.1 Å². The molecule has 7 rings (SSSR count). The van der Waals surface area contributed by atoms with Crippen molar-refractivity contribution in [2.45, 2.75) is 39.0 Å². The third-order valence-electron chi connectivity index (χ3n) is 7.68. The minimum atomic E-state index is 0.0747. The first-order valence-electron chi connectivity index (χ1n) is 13.9. The van der Waals surface area contributed by atoms with Crippen LogP contribution in [0.5, 0.6) is 0 Å². The summed E-state index contributed by atoms with van der Waals surface area (Å²) in [6, 6.07) is 4.01. The largest absolute Gasteiger partial charge is 0.345 e. The number of hydrogen-bond acceptors (Lipinski definition) is 8. The highest BCUT2D eigenvalue weighted by Gasteiger charge is 2.24. The molecule has 1 aliphatic carbocycles. The Hall–Kier alpha value is -5.19. The van der Waals surface area contributed by atoms with Crippen molar-refractivity contribution < 1.29 is 4.79 Å². The van der Waals surface area contributed by atoms with E-state index in [2.05, 4.69) is 47.5 Å². The number of rotatable bonds is 5. The molecule has 4 aromatic heterocycles. The van der Waals surface area contributed by atoms with Gasteiger partial charge in [-0.2, -0.15) is 0 Å². The van der Waals surface area contributed by atoms with Crippen LogP contribution in [0.3, 0.4) is 0 Å². The van der Waals surface area contributed by atoms with E-state index in [4.69, 9.17) is 4.98 Å². The van der Waals surface area contributed by atoms with Crippen LogP contribution in [0, 0.1) is 12.8 Å². The minimum absolute atomic E-state index is 0.0747. The molecule has 41 heavy (non-hydrogen) atoms. The Balaban J connectivity index is 1.19. The molecular formula is C30H30N10O. The summed E-state index contributed by atoms with van der Waals surface area (Å²) >= 11 is 0. The van der Waals surface area contributed by atoms with Crippen LogP contribution in [-0.2, 0) is 4.79 Å². The first-order chi connectivity index (χ1) is 20.1. The Kier molecular flexibility index (Phi) is 6.31. The average Bonchev–Trinajstić information content (AvgIpc) is 3.58. The first kappa shape index (κ1) is 24.8. The van der Waals surface area contributed by atoms with Gasteiger partial charge in [-0.15, -0.1) is 0 Å². The van der Waals surface area contributed by atoms with Crippen LogP contribution in [0.25, 0.3) is 22.4 Å². The van der Waals surface area contributed by atoms with E-state index >= 15 is 0 Å². The molecule has 11 heteroatoms. The molecule has 1 saturated carbocycles. The fourth-order valence-electron chi connectivity index (χ4n) is 5.56. The highest BCUT2D eigenvalue weighted by Crippen LogP contribution is 2.35. The Morgan fingerprint density at radius 1 is 1.05 bits per heavy atom. The minimum Gasteiger partial charge on any atom is -0.345 e. The topological polar surface area (TPSA) is 137 Å². The van der Waals surface area contributed by atoms with Gasteiger partial charge in [0, 0.05) is 59.2 Å². The van der Waals surface area contributed by atoms with E-state index in [1.54, 1.807) is 24.9 Å². The molecule has 6 heterocycles. The van der Waals surface area contributed by atoms with Crippen molar-refractivity contribution in [3.63, 3.8) is 0 Å². The molecule has 0 saturated heterocycles. The van der Waals surface area contributed by atoms with Crippen molar-refractivity contribution in [3.05, 3.63) is 90.6 Å². The number of aryl methyl sites for hydroxylation is 1. The number of amides is 1. The number of allylic oxidation sites excluding steroid dienone is 2. The van der Waals surface area contributed by atoms with Crippen LogP contribution in [-0.4, -0.2) is 35.4 Å². The third kappa shape index (κ3) is 4.86. The maximum absolute atomic E-state index is 12.8. The number of fused-ring (bicyclic) bond motifs is 2. The van der Waals surface area contributed by atoms with Gasteiger partial charge in [-0.25, -0.2) is 15.0 Å². The number of H-pyrrole nitrogens is 1. The molecule has 2 aliphatic heterocycles. The highest BCUT2D eigenvalue weighted by molar-refractivity contribution is 5.93. The number of nitrogens with one attached hydrogen (secondary N) is 5. The van der Waals surface area contributed by atoms with Crippen LogP contribution >= 0.6 is 0 Å². The Labute approximate surface area is 236 Å². The first-order valence-corrected chi connectivity index (χ1v) is 13.9. The van der Waals surface area contributed by atoms with Gasteiger partial charge in [0.05, 0.1) is 29.6 Å². The van der Waals surface area contributed by atoms with Crippen molar-refractivity contribution in [2.24, 2.45) is 5.92 Å². The van der Waals surface area contributed by atoms with E-state index in [0.717, 1.165) is 65.0 Å². The zero-order valence-corrected chi connectivity index (χ0v) is 22.6. The second-order valence-corrected chi connectivity index (χ2v) is 10.5. The smallest absolute Gasteiger partial charge is 0.227 e. The maximum Gasteiger partial charge on any atom is 0.227 e. The highest BCUT2D eigenvalue weighted by atomic mass is 16.1. The number of carbonyl (C=O) groups excluding carboxylic acids is 1. The summed E-state index contributed by atoms with van der Waals surface area (Å²) in [6.45, 7) is 1.96. The summed E-state index contributed by atoms with van der Waals surface area (Å²) < 4.78 is 1.98. The standard InChI is InChI=1S/C30H30N10O/c1-18-16-40(17-34-18)25-8-5-9-32-29-26(25)37-28(38-29)24-15-35-39-27-23(24)11-21(13-33-27)20-10-22(14-31-12-20)36-30(41)19-6-3-2-4-7-19/h5,8-17,19,32,35H,2-4,6-7H2,1H3,(H,33,39)(H,36,41)(H,37,38). The fourth-order valence-corrected chi connectivity index (χ4v) is 5.56. The number of pyridine rings is 2. The number of carbonyl (C=O) groups is 1. The van der Waals surface area contributed by atoms with Gasteiger partial charge in [-0.1, -0.05) is 19.3 Å². The number of aromatic nitrogens is 6. The van der Waals surface area contributed by atoms with E-state index < -0.39 is 0 Å². The summed E-state index contributed by atoms with van der Waals surface area (Å²) in [5.41, 5.74) is 13.1. The van der Waals surface area contributed by atoms with Crippen LogP contribution in [0.4, 0.5) is 17.3 Å². The van der Waals surface area contributed by atoms with Crippen LogP contribution in [0.2, 0.25) is 0 Å². The number of hydrogen-bond donors (Lipinski definition) is 5. The molecule has 0 unspecified atom stereocenters. The Morgan fingerprint density at radius 2 is 1.93 bits per heavy atom. The quantitative estimate of drug-likeness (QED) is 0.235. The van der Waals surface area contributed by atoms with E-state index in [0.29, 0.717) is 23.1 Å². The molecular weight excluding hydrogens is 516 g/mol. The third-order valence-corrected chi connectivity index (χ3v) is 7.68. The van der Waals surface area contributed by atoms with Gasteiger partial charge in [0.1, 0.15) is 11.5 Å². The Morgan fingerprint density at radius 3 is 2.78 bits per heavy atom. The fraction of sp³-hybridized carbons (Fsp3) is 0.233. The van der Waals surface area contributed by atoms with Gasteiger partial charge in [0.25, 0.3) is 0 Å². The molecule has 0 bridgehead atoms. The Bertz CT molecular complexity index is 1720. The molecule has 4 aromatic rings. The molecule has 11 nitrogen and oxygen atoms in total. The second kappa shape index (κ2) is 10.4. The molecule has 0 spiro atoms. The summed E-state index contributed by atoms with van der Waals surface area (Å²) in [6.07, 6.45) is 22.1. The number of aromatic amines is 1. The lowest BCUT2D eigenvalue weighted by Gasteiger charge is -2.21. The molecule has 0 aromatic carbocycles. The number of nitrogens with zero attached hydrogens (tertiary/aromatic N) is 5. The summed E-state index contributed by atoms with van der Waals surface area (Å²) in [5, 5.41) is 6.34. The van der Waals surface area contributed by atoms with Gasteiger partial charge < -0.3 is 25.6 Å². The molecule has 5 N–H and O–H groups in total. The predicted molar refractivity (Wildman–Crippen MR) is 158 cm³/mol. The summed E-state index contributed by atoms with van der Waals surface area (Å²) in [4.78, 5) is 34.7. The molecule has 1 amide bonds. The SMILES string of the molecule is Cc1cn(C2=CC=CNc3nc(C4=CNNc5ncc(-c6cncc(NC(=O)C7CCCCC7)c6)cc54)[nH]c32)cn1. The maximum atomic E-state index is 12.8. The number of imidazole rings is 2. The molecule has 1 fully saturated rings.